The molecule has 40 heavy (non-hydrogen) atoms. The van der Waals surface area contributed by atoms with E-state index >= 15 is 0 Å². The van der Waals surface area contributed by atoms with Gasteiger partial charge >= 0.3 is 5.91 Å². The average molecular weight is 563 g/mol. The molecular formula is C30H30N2O7S. The van der Waals surface area contributed by atoms with E-state index in [1.54, 1.807) is 43.3 Å². The summed E-state index contributed by atoms with van der Waals surface area (Å²) in [4.78, 5) is 45.5. The van der Waals surface area contributed by atoms with Crippen molar-refractivity contribution in [1.29, 1.82) is 0 Å². The number of carbonyl (C=O) groups is 3. The Morgan fingerprint density at radius 3 is 2.52 bits per heavy atom. The van der Waals surface area contributed by atoms with Gasteiger partial charge in [0.25, 0.3) is 5.78 Å². The maximum atomic E-state index is 13.6. The highest BCUT2D eigenvalue weighted by molar-refractivity contribution is 7.18. The zero-order valence-corrected chi connectivity index (χ0v) is 23.8. The fraction of sp³-hybridized carbons (Fsp3) is 0.333. The second-order valence-corrected chi connectivity index (χ2v) is 10.6. The first-order chi connectivity index (χ1) is 19.1. The standard InChI is InChI=1S/C30H30N2O7S/c1-6-37-22-11-8-18(14-23(22)38-7-2)25-24(26(34)19-9-10-21-20(13-19)12-15(3)39-21)27(35)29(36)32(25)30-31-16(4)28(40-30)17(5)33/h8-11,13-15,25,34H,6-7,12H2,1-5H3/t15-,25-/m0/s1. The molecule has 0 radical (unpaired) electrons. The minimum atomic E-state index is -1.02. The van der Waals surface area contributed by atoms with Gasteiger partial charge in [-0.2, -0.15) is 0 Å². The summed E-state index contributed by atoms with van der Waals surface area (Å²) in [5, 5.41) is 11.8. The summed E-state index contributed by atoms with van der Waals surface area (Å²) in [6.45, 7) is 9.55. The molecule has 2 aromatic carbocycles. The summed E-state index contributed by atoms with van der Waals surface area (Å²) in [7, 11) is 0. The summed E-state index contributed by atoms with van der Waals surface area (Å²) >= 11 is 1.04. The first-order valence-corrected chi connectivity index (χ1v) is 13.9. The minimum absolute atomic E-state index is 0.00225. The van der Waals surface area contributed by atoms with E-state index in [2.05, 4.69) is 4.98 Å². The van der Waals surface area contributed by atoms with E-state index in [0.29, 0.717) is 52.8 Å². The fourth-order valence-corrected chi connectivity index (χ4v) is 6.11. The summed E-state index contributed by atoms with van der Waals surface area (Å²) in [6, 6.07) is 9.33. The van der Waals surface area contributed by atoms with Gasteiger partial charge in [0.15, 0.2) is 22.4 Å². The van der Waals surface area contributed by atoms with Gasteiger partial charge in [0.05, 0.1) is 35.4 Å². The number of Topliss-reactive ketones (excluding diaryl/α,β-unsaturated/α-hetero) is 2. The Morgan fingerprint density at radius 1 is 1.12 bits per heavy atom. The van der Waals surface area contributed by atoms with Crippen LogP contribution in [0.4, 0.5) is 5.13 Å². The topological polar surface area (TPSA) is 115 Å². The van der Waals surface area contributed by atoms with E-state index in [-0.39, 0.29) is 28.4 Å². The number of aliphatic hydroxyl groups is 1. The highest BCUT2D eigenvalue weighted by atomic mass is 32.1. The Kier molecular flexibility index (Phi) is 7.37. The maximum absolute atomic E-state index is 13.6. The fourth-order valence-electron chi connectivity index (χ4n) is 5.12. The van der Waals surface area contributed by atoms with E-state index in [0.717, 1.165) is 22.6 Å². The predicted molar refractivity (Wildman–Crippen MR) is 151 cm³/mol. The lowest BCUT2D eigenvalue weighted by Gasteiger charge is -2.24. The number of anilines is 1. The van der Waals surface area contributed by atoms with Crippen LogP contribution in [0.5, 0.6) is 17.2 Å². The van der Waals surface area contributed by atoms with Crippen LogP contribution in [0.15, 0.2) is 42.0 Å². The molecule has 2 aliphatic rings. The molecule has 0 aliphatic carbocycles. The predicted octanol–water partition coefficient (Wildman–Crippen LogP) is 5.40. The van der Waals surface area contributed by atoms with E-state index in [9.17, 15) is 19.5 Å². The van der Waals surface area contributed by atoms with Crippen LogP contribution in [0, 0.1) is 6.92 Å². The SMILES string of the molecule is CCOc1ccc([C@H]2C(=C(O)c3ccc4c(c3)C[C@H](C)O4)C(=O)C(=O)N2c2nc(C)c(C(C)=O)s2)cc1OCC. The Bertz CT molecular complexity index is 1560. The van der Waals surface area contributed by atoms with Gasteiger partial charge in [-0.25, -0.2) is 4.98 Å². The zero-order valence-electron chi connectivity index (χ0n) is 22.9. The molecule has 1 amide bonds. The van der Waals surface area contributed by atoms with Gasteiger partial charge in [-0.3, -0.25) is 19.3 Å². The van der Waals surface area contributed by atoms with Crippen LogP contribution in [0.3, 0.4) is 0 Å². The lowest BCUT2D eigenvalue weighted by atomic mass is 9.94. The number of hydrogen-bond donors (Lipinski definition) is 1. The van der Waals surface area contributed by atoms with Crippen molar-refractivity contribution in [3.05, 3.63) is 69.2 Å². The number of fused-ring (bicyclic) bond motifs is 1. The van der Waals surface area contributed by atoms with Crippen LogP contribution in [0.25, 0.3) is 5.76 Å². The lowest BCUT2D eigenvalue weighted by molar-refractivity contribution is -0.132. The number of nitrogens with zero attached hydrogens (tertiary/aromatic N) is 2. The number of benzene rings is 2. The molecule has 9 nitrogen and oxygen atoms in total. The molecule has 1 fully saturated rings. The average Bonchev–Trinajstić information content (AvgIpc) is 3.57. The van der Waals surface area contributed by atoms with Gasteiger partial charge in [0, 0.05) is 18.9 Å². The van der Waals surface area contributed by atoms with Gasteiger partial charge < -0.3 is 19.3 Å². The van der Waals surface area contributed by atoms with Crippen molar-refractivity contribution in [2.75, 3.05) is 18.1 Å². The molecule has 0 bridgehead atoms. The number of rotatable bonds is 8. The van der Waals surface area contributed by atoms with Crippen LogP contribution >= 0.6 is 11.3 Å². The van der Waals surface area contributed by atoms with Gasteiger partial charge in [-0.1, -0.05) is 17.4 Å². The summed E-state index contributed by atoms with van der Waals surface area (Å²) < 4.78 is 17.3. The number of ether oxygens (including phenoxy) is 3. The van der Waals surface area contributed by atoms with Crippen molar-refractivity contribution in [2.45, 2.75) is 53.2 Å². The van der Waals surface area contributed by atoms with Crippen LogP contribution in [-0.4, -0.2) is 46.9 Å². The second kappa shape index (κ2) is 10.8. The molecule has 1 saturated heterocycles. The molecule has 0 spiro atoms. The number of hydrogen-bond acceptors (Lipinski definition) is 9. The number of aliphatic hydroxyl groups excluding tert-OH is 1. The van der Waals surface area contributed by atoms with Crippen LogP contribution in [0.1, 0.15) is 65.8 Å². The molecule has 2 aliphatic heterocycles. The third-order valence-corrected chi connectivity index (χ3v) is 8.07. The molecule has 5 rings (SSSR count). The van der Waals surface area contributed by atoms with Crippen LogP contribution in [-0.2, 0) is 16.0 Å². The van der Waals surface area contributed by atoms with Crippen LogP contribution < -0.4 is 19.1 Å². The summed E-state index contributed by atoms with van der Waals surface area (Å²) in [6.07, 6.45) is 0.666. The highest BCUT2D eigenvalue weighted by Crippen LogP contribution is 2.46. The Morgan fingerprint density at radius 2 is 1.85 bits per heavy atom. The van der Waals surface area contributed by atoms with Crippen molar-refractivity contribution < 1.29 is 33.7 Å². The molecule has 1 aromatic heterocycles. The summed E-state index contributed by atoms with van der Waals surface area (Å²) in [5.74, 6) is -0.512. The number of amides is 1. The number of aryl methyl sites for hydroxylation is 1. The molecule has 10 heteroatoms. The molecular weight excluding hydrogens is 532 g/mol. The van der Waals surface area contributed by atoms with Crippen LogP contribution in [0.2, 0.25) is 0 Å². The molecule has 208 valence electrons. The van der Waals surface area contributed by atoms with Gasteiger partial charge in [0.2, 0.25) is 0 Å². The first-order valence-electron chi connectivity index (χ1n) is 13.1. The lowest BCUT2D eigenvalue weighted by Crippen LogP contribution is -2.29. The van der Waals surface area contributed by atoms with Crippen molar-refractivity contribution >= 4 is 39.7 Å². The van der Waals surface area contributed by atoms with E-state index in [4.69, 9.17) is 14.2 Å². The molecule has 3 heterocycles. The Hall–Kier alpha value is -4.18. The monoisotopic (exact) mass is 562 g/mol. The summed E-state index contributed by atoms with van der Waals surface area (Å²) in [5.41, 5.74) is 2.20. The third kappa shape index (κ3) is 4.72. The number of carbonyl (C=O) groups excluding carboxylic acids is 3. The van der Waals surface area contributed by atoms with Gasteiger partial charge in [-0.05, 0) is 69.2 Å². The number of aromatic nitrogens is 1. The zero-order chi connectivity index (χ0) is 28.7. The van der Waals surface area contributed by atoms with E-state index in [1.807, 2.05) is 20.8 Å². The molecule has 3 aromatic rings. The number of thiazole rings is 1. The van der Waals surface area contributed by atoms with Crippen molar-refractivity contribution in [3.63, 3.8) is 0 Å². The molecule has 2 atom stereocenters. The smallest absolute Gasteiger partial charge is 0.301 e. The molecule has 0 saturated carbocycles. The molecule has 1 N–H and O–H groups in total. The Balaban J connectivity index is 1.71. The van der Waals surface area contributed by atoms with Crippen molar-refractivity contribution in [1.82, 2.24) is 4.98 Å². The second-order valence-electron chi connectivity index (χ2n) is 9.66. The van der Waals surface area contributed by atoms with E-state index in [1.165, 1.54) is 11.8 Å². The Labute approximate surface area is 236 Å². The third-order valence-electron chi connectivity index (χ3n) is 6.81. The molecule has 0 unspecified atom stereocenters. The first kappa shape index (κ1) is 27.4. The maximum Gasteiger partial charge on any atom is 0.301 e. The van der Waals surface area contributed by atoms with Crippen molar-refractivity contribution in [3.8, 4) is 17.2 Å². The van der Waals surface area contributed by atoms with Gasteiger partial charge in [-0.15, -0.1) is 0 Å². The van der Waals surface area contributed by atoms with E-state index < -0.39 is 17.7 Å². The van der Waals surface area contributed by atoms with Crippen molar-refractivity contribution in [2.24, 2.45) is 0 Å². The quantitative estimate of drug-likeness (QED) is 0.168. The highest BCUT2D eigenvalue weighted by Gasteiger charge is 2.48. The minimum Gasteiger partial charge on any atom is -0.507 e. The largest absolute Gasteiger partial charge is 0.507 e. The normalized spacial score (nSPS) is 19.5. The number of ketones is 2. The van der Waals surface area contributed by atoms with Gasteiger partial charge in [0.1, 0.15) is 17.6 Å².